The average molecular weight is 718 g/mol. The van der Waals surface area contributed by atoms with E-state index in [4.69, 9.17) is 4.74 Å². The minimum atomic E-state index is 0.620. The van der Waals surface area contributed by atoms with E-state index in [2.05, 4.69) is 16.7 Å². The molecule has 0 radical (unpaired) electrons. The molecule has 0 aromatic heterocycles. The maximum Gasteiger partial charge on any atom is 0.0652 e. The Morgan fingerprint density at radius 1 is 0.333 bits per heavy atom. The Morgan fingerprint density at radius 3 is 1.55 bits per heavy atom. The van der Waals surface area contributed by atoms with Crippen molar-refractivity contribution in [3.63, 3.8) is 0 Å². The Balaban J connectivity index is 0.842. The van der Waals surface area contributed by atoms with Crippen LogP contribution in [0.2, 0.25) is 0 Å². The van der Waals surface area contributed by atoms with Gasteiger partial charge in [-0.3, -0.25) is 4.90 Å². The SMILES string of the molecule is C1CCC(C2CCC(N(C3CCC(C4CCCCC4)CC3)C3CCCC(C4CCCC5C6CCC7SC8CCCCC8C7C6OC45)C3)CC2)CC1. The number of rotatable bonds is 6. The molecule has 2 nitrogen and oxygen atoms in total. The van der Waals surface area contributed by atoms with Crippen molar-refractivity contribution in [3.8, 4) is 0 Å². The summed E-state index contributed by atoms with van der Waals surface area (Å²) in [7, 11) is 0. The van der Waals surface area contributed by atoms with E-state index in [-0.39, 0.29) is 0 Å². The molecule has 0 N–H and O–H groups in total. The Labute approximate surface area is 319 Å². The van der Waals surface area contributed by atoms with Crippen LogP contribution in [-0.4, -0.2) is 45.7 Å². The molecule has 2 saturated heterocycles. The summed E-state index contributed by atoms with van der Waals surface area (Å²) in [5.74, 6) is 9.82. The van der Waals surface area contributed by atoms with Crippen LogP contribution in [0, 0.1) is 59.2 Å². The lowest BCUT2D eigenvalue weighted by Crippen LogP contribution is -2.54. The second kappa shape index (κ2) is 16.0. The van der Waals surface area contributed by atoms with Gasteiger partial charge in [-0.2, -0.15) is 11.8 Å². The Hall–Kier alpha value is 0.270. The Bertz CT molecular complexity index is 1080. The molecule has 2 aliphatic heterocycles. The number of hydrogen-bond acceptors (Lipinski definition) is 3. The van der Waals surface area contributed by atoms with Crippen molar-refractivity contribution in [3.05, 3.63) is 0 Å². The van der Waals surface area contributed by atoms with Crippen LogP contribution in [0.25, 0.3) is 0 Å². The predicted octanol–water partition coefficient (Wildman–Crippen LogP) is 13.0. The van der Waals surface area contributed by atoms with Gasteiger partial charge in [0.1, 0.15) is 0 Å². The smallest absolute Gasteiger partial charge is 0.0652 e. The molecule has 0 bridgehead atoms. The standard InChI is InChI=1S/C48H79NOS/c1-3-11-32(12-4-1)34-21-25-37(26-22-34)49(38-27-23-35(24-28-38)33-13-5-2-6-14-33)39-16-9-15-36(31-39)40-18-10-19-41-42-29-30-45-46(48(42)50-47(40)41)43-17-7-8-20-44(43)51-45/h32-48H,1-31H2. The molecule has 0 amide bonds. The van der Waals surface area contributed by atoms with E-state index in [1.165, 1.54) is 148 Å². The van der Waals surface area contributed by atoms with Gasteiger partial charge in [-0.15, -0.1) is 0 Å². The third kappa shape index (κ3) is 7.12. The van der Waals surface area contributed by atoms with Crippen molar-refractivity contribution in [2.75, 3.05) is 0 Å². The van der Waals surface area contributed by atoms with E-state index in [1.54, 1.807) is 51.4 Å². The van der Waals surface area contributed by atoms with Gasteiger partial charge >= 0.3 is 0 Å². The molecule has 51 heavy (non-hydrogen) atoms. The molecule has 10 fully saturated rings. The first kappa shape index (κ1) is 35.7. The minimum absolute atomic E-state index is 0.620. The van der Waals surface area contributed by atoms with Crippen LogP contribution in [0.4, 0.5) is 0 Å². The van der Waals surface area contributed by atoms with Crippen LogP contribution in [-0.2, 0) is 4.74 Å². The van der Waals surface area contributed by atoms with Gasteiger partial charge in [0, 0.05) is 34.5 Å². The maximum atomic E-state index is 7.64. The fraction of sp³-hybridized carbons (Fsp3) is 1.00. The average Bonchev–Trinajstić information content (AvgIpc) is 3.78. The van der Waals surface area contributed by atoms with E-state index in [0.29, 0.717) is 12.2 Å². The monoisotopic (exact) mass is 718 g/mol. The molecule has 10 rings (SSSR count). The molecule has 0 spiro atoms. The lowest BCUT2D eigenvalue weighted by Gasteiger charge is -2.52. The van der Waals surface area contributed by atoms with Crippen LogP contribution in [0.1, 0.15) is 199 Å². The van der Waals surface area contributed by atoms with Crippen LogP contribution in [0.15, 0.2) is 0 Å². The van der Waals surface area contributed by atoms with Gasteiger partial charge in [-0.1, -0.05) is 89.9 Å². The van der Waals surface area contributed by atoms with Gasteiger partial charge in [0.25, 0.3) is 0 Å². The van der Waals surface area contributed by atoms with Crippen molar-refractivity contribution < 1.29 is 4.74 Å². The highest BCUT2D eigenvalue weighted by Gasteiger charge is 2.60. The van der Waals surface area contributed by atoms with Gasteiger partial charge in [-0.05, 0) is 162 Å². The first-order valence-electron chi connectivity index (χ1n) is 24.4. The van der Waals surface area contributed by atoms with Crippen LogP contribution in [0.3, 0.4) is 0 Å². The number of fused-ring (bicyclic) bond motifs is 7. The second-order valence-electron chi connectivity index (χ2n) is 21.3. The van der Waals surface area contributed by atoms with E-state index < -0.39 is 0 Å². The van der Waals surface area contributed by atoms with Gasteiger partial charge in [0.15, 0.2) is 0 Å². The predicted molar refractivity (Wildman–Crippen MR) is 215 cm³/mol. The molecule has 8 aliphatic carbocycles. The lowest BCUT2D eigenvalue weighted by atomic mass is 9.62. The number of ether oxygens (including phenoxy) is 1. The van der Waals surface area contributed by atoms with Gasteiger partial charge in [0.2, 0.25) is 0 Å². The Morgan fingerprint density at radius 2 is 0.863 bits per heavy atom. The molecule has 11 unspecified atom stereocenters. The molecule has 11 atom stereocenters. The summed E-state index contributed by atoms with van der Waals surface area (Å²) in [5, 5.41) is 1.92. The second-order valence-corrected chi connectivity index (χ2v) is 22.7. The van der Waals surface area contributed by atoms with Crippen molar-refractivity contribution in [2.45, 2.75) is 240 Å². The van der Waals surface area contributed by atoms with E-state index in [1.807, 2.05) is 0 Å². The molecule has 288 valence electrons. The highest BCUT2D eigenvalue weighted by molar-refractivity contribution is 8.00. The molecule has 10 aliphatic rings. The van der Waals surface area contributed by atoms with Gasteiger partial charge < -0.3 is 4.74 Å². The minimum Gasteiger partial charge on any atom is -0.374 e. The van der Waals surface area contributed by atoms with Gasteiger partial charge in [0.05, 0.1) is 12.2 Å². The van der Waals surface area contributed by atoms with Crippen LogP contribution >= 0.6 is 11.8 Å². The molecule has 8 saturated carbocycles. The quantitative estimate of drug-likeness (QED) is 0.271. The summed E-state index contributed by atoms with van der Waals surface area (Å²) < 4.78 is 7.64. The largest absolute Gasteiger partial charge is 0.374 e. The lowest BCUT2D eigenvalue weighted by molar-refractivity contribution is -0.0806. The van der Waals surface area contributed by atoms with Crippen molar-refractivity contribution in [2.24, 2.45) is 59.2 Å². The van der Waals surface area contributed by atoms with Crippen molar-refractivity contribution in [1.82, 2.24) is 4.90 Å². The maximum absolute atomic E-state index is 7.64. The summed E-state index contributed by atoms with van der Waals surface area (Å²) in [6.07, 6.45) is 48.6. The van der Waals surface area contributed by atoms with Crippen LogP contribution in [0.5, 0.6) is 0 Å². The van der Waals surface area contributed by atoms with Gasteiger partial charge in [-0.25, -0.2) is 0 Å². The van der Waals surface area contributed by atoms with E-state index >= 15 is 0 Å². The zero-order valence-electron chi connectivity index (χ0n) is 33.0. The normalized spacial score (nSPS) is 49.9. The fourth-order valence-corrected chi connectivity index (χ4v) is 18.9. The topological polar surface area (TPSA) is 12.5 Å². The molecule has 0 aromatic carbocycles. The third-order valence-corrected chi connectivity index (χ3v) is 20.9. The fourth-order valence-electron chi connectivity index (χ4n) is 16.8. The van der Waals surface area contributed by atoms with Crippen molar-refractivity contribution >= 4 is 11.8 Å². The summed E-state index contributed by atoms with van der Waals surface area (Å²) in [6, 6.07) is 2.67. The van der Waals surface area contributed by atoms with E-state index in [9.17, 15) is 0 Å². The zero-order chi connectivity index (χ0) is 33.7. The Kier molecular flexibility index (Phi) is 11.2. The molecule has 2 heterocycles. The summed E-state index contributed by atoms with van der Waals surface area (Å²) in [5.41, 5.74) is 0. The zero-order valence-corrected chi connectivity index (χ0v) is 33.8. The molecule has 3 heteroatoms. The molecule has 0 aromatic rings. The van der Waals surface area contributed by atoms with Crippen molar-refractivity contribution in [1.29, 1.82) is 0 Å². The summed E-state index contributed by atoms with van der Waals surface area (Å²) in [4.78, 5) is 3.36. The first-order chi connectivity index (χ1) is 25.3. The number of hydrogen-bond donors (Lipinski definition) is 0. The third-order valence-electron chi connectivity index (χ3n) is 19.1. The number of nitrogens with zero attached hydrogens (tertiary/aromatic N) is 1. The summed E-state index contributed by atoms with van der Waals surface area (Å²) in [6.45, 7) is 0. The highest BCUT2D eigenvalue weighted by atomic mass is 32.2. The highest BCUT2D eigenvalue weighted by Crippen LogP contribution is 2.62. The molecular weight excluding hydrogens is 639 g/mol. The number of thioether (sulfide) groups is 1. The van der Waals surface area contributed by atoms with E-state index in [0.717, 1.165) is 87.8 Å². The van der Waals surface area contributed by atoms with Crippen LogP contribution < -0.4 is 0 Å². The molecular formula is C48H79NOS. The first-order valence-corrected chi connectivity index (χ1v) is 25.3. The summed E-state index contributed by atoms with van der Waals surface area (Å²) >= 11 is 2.45.